The Kier molecular flexibility index (Phi) is 7.37. The van der Waals surface area contributed by atoms with E-state index >= 15 is 0 Å². The molecule has 0 aliphatic carbocycles. The molecule has 474 valence electrons. The summed E-state index contributed by atoms with van der Waals surface area (Å²) in [6.45, 7) is 5.10. The van der Waals surface area contributed by atoms with E-state index in [4.69, 9.17) is 16.4 Å². The summed E-state index contributed by atoms with van der Waals surface area (Å²) in [5.41, 5.74) is 6.04. The number of para-hydroxylation sites is 10. The minimum atomic E-state index is -0.943. The fourth-order valence-corrected chi connectivity index (χ4v) is 15.3. The van der Waals surface area contributed by atoms with Crippen molar-refractivity contribution in [2.24, 2.45) is 0 Å². The van der Waals surface area contributed by atoms with Crippen LogP contribution in [-0.2, 0) is 5.41 Å². The van der Waals surface area contributed by atoms with Crippen molar-refractivity contribution in [3.8, 4) is 45.0 Å². The van der Waals surface area contributed by atoms with Gasteiger partial charge in [-0.2, -0.15) is 0 Å². The summed E-state index contributed by atoms with van der Waals surface area (Å²) in [5.74, 6) is 0. The van der Waals surface area contributed by atoms with E-state index in [9.17, 15) is 27.4 Å². The Bertz CT molecular complexity index is 7870. The number of rotatable bonds is 8. The molecule has 7 heteroatoms. The van der Waals surface area contributed by atoms with Crippen LogP contribution in [0.15, 0.2) is 339 Å². The molecule has 21 rings (SSSR count). The van der Waals surface area contributed by atoms with Crippen LogP contribution in [-0.4, -0.2) is 25.0 Å². The van der Waals surface area contributed by atoms with Crippen molar-refractivity contribution in [3.63, 3.8) is 0 Å². The lowest BCUT2D eigenvalue weighted by Crippen LogP contribution is -2.61. The molecule has 0 saturated carbocycles. The highest BCUT2D eigenvalue weighted by molar-refractivity contribution is 7.00. The molecule has 6 nitrogen and oxygen atoms in total. The molecule has 0 fully saturated rings. The van der Waals surface area contributed by atoms with E-state index in [1.807, 2.05) is 91.2 Å². The van der Waals surface area contributed by atoms with Gasteiger partial charge in [0.15, 0.2) is 0 Å². The molecule has 0 saturated heterocycles. The van der Waals surface area contributed by atoms with Crippen molar-refractivity contribution >= 4 is 144 Å². The Morgan fingerprint density at radius 1 is 0.267 bits per heavy atom. The first-order valence-corrected chi connectivity index (χ1v) is 32.6. The predicted octanol–water partition coefficient (Wildman–Crippen LogP) is 22.8. The largest absolute Gasteiger partial charge is 0.311 e. The maximum absolute atomic E-state index is 9.76. The molecule has 0 unspecified atom stereocenters. The minimum Gasteiger partial charge on any atom is -0.311 e. The summed E-state index contributed by atoms with van der Waals surface area (Å²) in [6, 6.07) is 24.2. The van der Waals surface area contributed by atoms with Crippen molar-refractivity contribution < 1.29 is 43.9 Å². The van der Waals surface area contributed by atoms with Gasteiger partial charge in [-0.1, -0.05) is 239 Å². The standard InChI is InChI=1S/C94H65BN6/c1-94(2,3)62-56-91-93-92(57-62)101(80-35-15-5-25-68(80)61-46-50-64(51-47-61)97-83-38-18-8-28-71(83)72-29-9-19-39-84(72)97)90-59-66(99-87-42-22-12-32-75(87)76-33-13-23-43-88(76)99)53-55-78(90)95(93)77-54-52-65(98-85-40-20-10-30-73(85)74-31-11-21-41-86(74)98)58-89(77)100(91)79-34-14-4-24-67(79)60-44-48-63(49-45-60)96-81-36-16-6-26-69(81)70-27-7-17-37-82(70)96/h4-59H,1-3H3/i6D,7D,8D,9D,10D,11D,12D,13D,16D,17D,18D,19D,20D,21D,22D,23D,26D,27D,28D,29D,30D,31D,32D,33D,36D,37D,38D,39D,40D,41D,42D,43D. The van der Waals surface area contributed by atoms with Gasteiger partial charge in [0.25, 0.3) is 6.71 Å². The van der Waals surface area contributed by atoms with Gasteiger partial charge in [-0.3, -0.25) is 0 Å². The number of anilines is 6. The van der Waals surface area contributed by atoms with Gasteiger partial charge in [-0.15, -0.1) is 0 Å². The van der Waals surface area contributed by atoms with Gasteiger partial charge in [0.2, 0.25) is 0 Å². The molecule has 0 atom stereocenters. The van der Waals surface area contributed by atoms with E-state index in [0.717, 1.165) is 0 Å². The van der Waals surface area contributed by atoms with Crippen LogP contribution in [0.25, 0.3) is 132 Å². The minimum absolute atomic E-state index is 0.110. The monoisotopic (exact) mass is 1320 g/mol. The molecular formula is C94H65BN6. The van der Waals surface area contributed by atoms with E-state index in [0.29, 0.717) is 78.3 Å². The number of hydrogen-bond donors (Lipinski definition) is 0. The number of nitrogens with zero attached hydrogens (tertiary/aromatic N) is 6. The van der Waals surface area contributed by atoms with Crippen LogP contribution in [0, 0.1) is 0 Å². The SMILES string of the molecule is [2H]c1c([2H])c([2H])c2c(c1[2H])c1c([2H])c([2H])c([2H])c([2H])c1n2-c1ccc(-c2ccccc2N2c3cc(-n4c5c([2H])c([2H])c([2H])c([2H])c5c5c([2H])c([2H])c([2H])c([2H])c54)ccc3B3c4ccc(-n5c6c([2H])c([2H])c([2H])c([2H])c6c6c([2H])c([2H])c([2H])c([2H])c65)cc4N(c4ccccc4-c4ccc(-n5c6c([2H])c([2H])c([2H])c([2H])c6c6c([2H])c([2H])c([2H])c([2H])c65)cc4)c4cc(C(C)(C)C)cc2c43)cc1. The molecule has 4 aromatic heterocycles. The Morgan fingerprint density at radius 3 is 0.832 bits per heavy atom. The van der Waals surface area contributed by atoms with Crippen molar-refractivity contribution in [1.82, 2.24) is 18.3 Å². The van der Waals surface area contributed by atoms with Gasteiger partial charge >= 0.3 is 0 Å². The third-order valence-electron chi connectivity index (χ3n) is 19.7. The first-order valence-electron chi connectivity index (χ1n) is 48.6. The summed E-state index contributed by atoms with van der Waals surface area (Å²) >= 11 is 0. The van der Waals surface area contributed by atoms with E-state index in [1.54, 1.807) is 72.8 Å². The van der Waals surface area contributed by atoms with Gasteiger partial charge < -0.3 is 28.1 Å². The number of benzene rings is 15. The van der Waals surface area contributed by atoms with E-state index in [-0.39, 0.29) is 110 Å². The van der Waals surface area contributed by atoms with Gasteiger partial charge in [0.05, 0.1) is 99.4 Å². The second-order valence-electron chi connectivity index (χ2n) is 26.0. The van der Waals surface area contributed by atoms with Crippen LogP contribution < -0.4 is 26.2 Å². The maximum atomic E-state index is 9.76. The zero-order valence-corrected chi connectivity index (χ0v) is 53.6. The van der Waals surface area contributed by atoms with E-state index < -0.39 is 205 Å². The summed E-state index contributed by atoms with van der Waals surface area (Å²) in [4.78, 5) is 4.06. The molecule has 6 heterocycles. The van der Waals surface area contributed by atoms with Crippen LogP contribution in [0.4, 0.5) is 34.1 Å². The van der Waals surface area contributed by atoms with Crippen LogP contribution in [0.3, 0.4) is 0 Å². The van der Waals surface area contributed by atoms with Gasteiger partial charge in [-0.25, -0.2) is 0 Å². The van der Waals surface area contributed by atoms with E-state index in [2.05, 4.69) is 12.1 Å². The van der Waals surface area contributed by atoms with Gasteiger partial charge in [0, 0.05) is 99.7 Å². The van der Waals surface area contributed by atoms with Crippen molar-refractivity contribution in [1.29, 1.82) is 0 Å². The lowest BCUT2D eigenvalue weighted by atomic mass is 9.33. The second kappa shape index (κ2) is 21.8. The van der Waals surface area contributed by atoms with Crippen molar-refractivity contribution in [3.05, 3.63) is 345 Å². The van der Waals surface area contributed by atoms with Crippen LogP contribution in [0.5, 0.6) is 0 Å². The quantitative estimate of drug-likeness (QED) is 0.142. The fraction of sp³-hybridized carbons (Fsp3) is 0.0426. The number of fused-ring (bicyclic) bond motifs is 16. The van der Waals surface area contributed by atoms with Crippen molar-refractivity contribution in [2.75, 3.05) is 9.80 Å². The average Bonchev–Trinajstić information content (AvgIpc) is 1.50. The average molecular weight is 1320 g/mol. The van der Waals surface area contributed by atoms with Crippen molar-refractivity contribution in [2.45, 2.75) is 26.2 Å². The molecule has 2 aliphatic heterocycles. The van der Waals surface area contributed by atoms with Crippen LogP contribution >= 0.6 is 0 Å². The Morgan fingerprint density at radius 2 is 0.535 bits per heavy atom. The highest BCUT2D eigenvalue weighted by atomic mass is 15.2. The zero-order chi connectivity index (χ0) is 94.6. The molecule has 101 heavy (non-hydrogen) atoms. The van der Waals surface area contributed by atoms with Gasteiger partial charge in [0.1, 0.15) is 0 Å². The molecule has 0 amide bonds. The topological polar surface area (TPSA) is 26.2 Å². The number of hydrogen-bond acceptors (Lipinski definition) is 2. The summed E-state index contributed by atoms with van der Waals surface area (Å²) in [7, 11) is 0. The molecule has 0 N–H and O–H groups in total. The van der Waals surface area contributed by atoms with Crippen LogP contribution in [0.2, 0.25) is 0 Å². The molecule has 2 aliphatic rings. The molecule has 0 spiro atoms. The third-order valence-corrected chi connectivity index (χ3v) is 19.7. The lowest BCUT2D eigenvalue weighted by Gasteiger charge is -2.46. The third kappa shape index (κ3) is 8.47. The first kappa shape index (κ1) is 34.1. The first-order chi connectivity index (χ1) is 63.1. The zero-order valence-electron chi connectivity index (χ0n) is 85.6. The van der Waals surface area contributed by atoms with E-state index in [1.165, 1.54) is 18.3 Å². The predicted molar refractivity (Wildman–Crippen MR) is 427 cm³/mol. The van der Waals surface area contributed by atoms with Gasteiger partial charge in [-0.05, 0) is 160 Å². The lowest BCUT2D eigenvalue weighted by molar-refractivity contribution is 0.590. The van der Waals surface area contributed by atoms with Crippen LogP contribution in [0.1, 0.15) is 70.2 Å². The second-order valence-corrected chi connectivity index (χ2v) is 26.0. The molecule has 19 aromatic rings. The fourth-order valence-electron chi connectivity index (χ4n) is 15.3. The Labute approximate surface area is 630 Å². The summed E-state index contributed by atoms with van der Waals surface area (Å²) in [5, 5.41) is -1.27. The Hall–Kier alpha value is -12.8. The molecule has 15 aromatic carbocycles. The normalized spacial score (nSPS) is 17.3. The Balaban J connectivity index is 0.872. The maximum Gasteiger partial charge on any atom is 0.252 e. The molecular weight excluding hydrogens is 1220 g/mol. The molecule has 0 radical (unpaired) electrons. The highest BCUT2D eigenvalue weighted by Gasteiger charge is 2.45. The smallest absolute Gasteiger partial charge is 0.252 e. The summed E-state index contributed by atoms with van der Waals surface area (Å²) in [6.07, 6.45) is 0. The number of aromatic nitrogens is 4. The molecule has 0 bridgehead atoms. The highest BCUT2D eigenvalue weighted by Crippen LogP contribution is 2.51. The summed E-state index contributed by atoms with van der Waals surface area (Å²) < 4.78 is 300.